The maximum atomic E-state index is 11.7. The maximum Gasteiger partial charge on any atom is 0.224 e. The van der Waals surface area contributed by atoms with Crippen LogP contribution in [0.1, 0.15) is 18.4 Å². The molecule has 17 heavy (non-hydrogen) atoms. The zero-order valence-corrected chi connectivity index (χ0v) is 10.9. The minimum atomic E-state index is -0.0240. The molecule has 1 aliphatic carbocycles. The second kappa shape index (κ2) is 5.15. The topological polar surface area (TPSA) is 38.3 Å². The van der Waals surface area contributed by atoms with Crippen molar-refractivity contribution in [3.63, 3.8) is 0 Å². The van der Waals surface area contributed by atoms with Gasteiger partial charge in [-0.05, 0) is 25.0 Å². The van der Waals surface area contributed by atoms with Crippen molar-refractivity contribution < 1.29 is 9.53 Å². The lowest BCUT2D eigenvalue weighted by Crippen LogP contribution is -2.27. The van der Waals surface area contributed by atoms with E-state index in [1.54, 1.807) is 12.1 Å². The van der Waals surface area contributed by atoms with Crippen molar-refractivity contribution in [3.05, 3.63) is 27.7 Å². The molecule has 5 heteroatoms. The highest BCUT2D eigenvalue weighted by Gasteiger charge is 2.24. The summed E-state index contributed by atoms with van der Waals surface area (Å²) >= 11 is 11.9. The molecule has 3 nitrogen and oxygen atoms in total. The first-order chi connectivity index (χ1) is 8.10. The van der Waals surface area contributed by atoms with Gasteiger partial charge in [0.15, 0.2) is 0 Å². The van der Waals surface area contributed by atoms with E-state index < -0.39 is 0 Å². The van der Waals surface area contributed by atoms with E-state index in [0.717, 1.165) is 12.8 Å². The van der Waals surface area contributed by atoms with Gasteiger partial charge in [-0.15, -0.1) is 0 Å². The van der Waals surface area contributed by atoms with E-state index in [9.17, 15) is 4.79 Å². The molecule has 0 heterocycles. The molecule has 0 unspecified atom stereocenters. The average molecular weight is 274 g/mol. The van der Waals surface area contributed by atoms with Gasteiger partial charge in [-0.25, -0.2) is 0 Å². The van der Waals surface area contributed by atoms with Gasteiger partial charge in [0, 0.05) is 16.6 Å². The van der Waals surface area contributed by atoms with Gasteiger partial charge in [-0.2, -0.15) is 0 Å². The molecule has 0 radical (unpaired) electrons. The normalized spacial score (nSPS) is 14.5. The first kappa shape index (κ1) is 12.5. The fourth-order valence-electron chi connectivity index (χ4n) is 1.65. The standard InChI is InChI=1S/C12H13Cl2NO2/c1-17-12-7(4-8(13)6-10(12)14)5-11(16)15-9-2-3-9/h4,6,9H,2-3,5H2,1H3,(H,15,16). The van der Waals surface area contributed by atoms with Crippen LogP contribution >= 0.6 is 23.2 Å². The first-order valence-electron chi connectivity index (χ1n) is 5.41. The number of benzene rings is 1. The first-order valence-corrected chi connectivity index (χ1v) is 6.17. The van der Waals surface area contributed by atoms with Crippen LogP contribution in [-0.2, 0) is 11.2 Å². The quantitative estimate of drug-likeness (QED) is 0.916. The number of ether oxygens (including phenoxy) is 1. The van der Waals surface area contributed by atoms with E-state index in [4.69, 9.17) is 27.9 Å². The lowest BCUT2D eigenvalue weighted by Gasteiger charge is -2.11. The Labute approximate surface area is 110 Å². The third kappa shape index (κ3) is 3.27. The molecule has 2 rings (SSSR count). The Morgan fingerprint density at radius 2 is 2.18 bits per heavy atom. The summed E-state index contributed by atoms with van der Waals surface area (Å²) in [5.41, 5.74) is 0.711. The SMILES string of the molecule is COc1c(Cl)cc(Cl)cc1CC(=O)NC1CC1. The predicted octanol–water partition coefficient (Wildman–Crippen LogP) is 2.82. The van der Waals surface area contributed by atoms with E-state index in [0.29, 0.717) is 27.4 Å². The molecule has 1 amide bonds. The van der Waals surface area contributed by atoms with Crippen molar-refractivity contribution in [2.24, 2.45) is 0 Å². The molecule has 92 valence electrons. The van der Waals surface area contributed by atoms with Crippen molar-refractivity contribution in [3.8, 4) is 5.75 Å². The predicted molar refractivity (Wildman–Crippen MR) is 67.9 cm³/mol. The van der Waals surface area contributed by atoms with Crippen molar-refractivity contribution in [1.82, 2.24) is 5.32 Å². The second-order valence-electron chi connectivity index (χ2n) is 4.10. The Balaban J connectivity index is 2.14. The summed E-state index contributed by atoms with van der Waals surface area (Å²) in [6.45, 7) is 0. The van der Waals surface area contributed by atoms with Crippen molar-refractivity contribution >= 4 is 29.1 Å². The van der Waals surface area contributed by atoms with E-state index in [1.807, 2.05) is 0 Å². The number of carbonyl (C=O) groups is 1. The van der Waals surface area contributed by atoms with E-state index in [2.05, 4.69) is 5.32 Å². The number of carbonyl (C=O) groups excluding carboxylic acids is 1. The summed E-state index contributed by atoms with van der Waals surface area (Å²) in [6, 6.07) is 3.66. The molecule has 0 atom stereocenters. The van der Waals surface area contributed by atoms with Gasteiger partial charge in [0.2, 0.25) is 5.91 Å². The highest BCUT2D eigenvalue weighted by atomic mass is 35.5. The van der Waals surface area contributed by atoms with Crippen LogP contribution in [0, 0.1) is 0 Å². The maximum absolute atomic E-state index is 11.7. The highest BCUT2D eigenvalue weighted by molar-refractivity contribution is 6.35. The number of halogens is 2. The molecule has 1 aliphatic rings. The van der Waals surface area contributed by atoms with Gasteiger partial charge < -0.3 is 10.1 Å². The molecule has 1 aromatic carbocycles. The van der Waals surface area contributed by atoms with Gasteiger partial charge in [-0.1, -0.05) is 23.2 Å². The summed E-state index contributed by atoms with van der Waals surface area (Å²) in [7, 11) is 1.53. The molecule has 1 N–H and O–H groups in total. The Kier molecular flexibility index (Phi) is 3.79. The molecule has 0 saturated heterocycles. The zero-order chi connectivity index (χ0) is 12.4. The van der Waals surface area contributed by atoms with Crippen molar-refractivity contribution in [1.29, 1.82) is 0 Å². The van der Waals surface area contributed by atoms with Crippen LogP contribution in [-0.4, -0.2) is 19.1 Å². The smallest absolute Gasteiger partial charge is 0.224 e. The van der Waals surface area contributed by atoms with E-state index >= 15 is 0 Å². The van der Waals surface area contributed by atoms with Gasteiger partial charge in [0.1, 0.15) is 5.75 Å². The van der Waals surface area contributed by atoms with E-state index in [-0.39, 0.29) is 12.3 Å². The summed E-state index contributed by atoms with van der Waals surface area (Å²) in [4.78, 5) is 11.7. The molecule has 1 fully saturated rings. The monoisotopic (exact) mass is 273 g/mol. The zero-order valence-electron chi connectivity index (χ0n) is 9.43. The number of nitrogens with one attached hydrogen (secondary N) is 1. The number of rotatable bonds is 4. The third-order valence-electron chi connectivity index (χ3n) is 2.58. The van der Waals surface area contributed by atoms with Crippen LogP contribution in [0.5, 0.6) is 5.75 Å². The Morgan fingerprint density at radius 1 is 1.47 bits per heavy atom. The average Bonchev–Trinajstić information content (AvgIpc) is 3.00. The van der Waals surface area contributed by atoms with Crippen LogP contribution < -0.4 is 10.1 Å². The molecule has 0 bridgehead atoms. The van der Waals surface area contributed by atoms with Crippen LogP contribution in [0.2, 0.25) is 10.0 Å². The number of methoxy groups -OCH3 is 1. The third-order valence-corrected chi connectivity index (χ3v) is 3.08. The lowest BCUT2D eigenvalue weighted by molar-refractivity contribution is -0.120. The van der Waals surface area contributed by atoms with E-state index in [1.165, 1.54) is 7.11 Å². The fourth-order valence-corrected chi connectivity index (χ4v) is 2.27. The number of hydrogen-bond donors (Lipinski definition) is 1. The molecular weight excluding hydrogens is 261 g/mol. The van der Waals surface area contributed by atoms with Crippen LogP contribution in [0.15, 0.2) is 12.1 Å². The Bertz CT molecular complexity index is 444. The minimum absolute atomic E-state index is 0.0240. The Hall–Kier alpha value is -0.930. The van der Waals surface area contributed by atoms with Gasteiger partial charge in [0.25, 0.3) is 0 Å². The summed E-state index contributed by atoms with van der Waals surface area (Å²) in [6.07, 6.45) is 2.37. The molecule has 1 aromatic rings. The van der Waals surface area contributed by atoms with Crippen LogP contribution in [0.25, 0.3) is 0 Å². The van der Waals surface area contributed by atoms with Gasteiger partial charge in [0.05, 0.1) is 18.6 Å². The summed E-state index contributed by atoms with van der Waals surface area (Å²) in [5.74, 6) is 0.492. The van der Waals surface area contributed by atoms with Gasteiger partial charge in [-0.3, -0.25) is 4.79 Å². The fraction of sp³-hybridized carbons (Fsp3) is 0.417. The largest absolute Gasteiger partial charge is 0.495 e. The molecular formula is C12H13Cl2NO2. The van der Waals surface area contributed by atoms with Crippen LogP contribution in [0.4, 0.5) is 0 Å². The van der Waals surface area contributed by atoms with Crippen LogP contribution in [0.3, 0.4) is 0 Å². The van der Waals surface area contributed by atoms with Gasteiger partial charge >= 0.3 is 0 Å². The molecule has 0 spiro atoms. The molecule has 0 aliphatic heterocycles. The Morgan fingerprint density at radius 3 is 2.76 bits per heavy atom. The number of amides is 1. The molecule has 0 aromatic heterocycles. The highest BCUT2D eigenvalue weighted by Crippen LogP contribution is 2.32. The lowest BCUT2D eigenvalue weighted by atomic mass is 10.1. The van der Waals surface area contributed by atoms with Crippen molar-refractivity contribution in [2.75, 3.05) is 7.11 Å². The molecule has 1 saturated carbocycles. The second-order valence-corrected chi connectivity index (χ2v) is 4.94. The van der Waals surface area contributed by atoms with Crippen molar-refractivity contribution in [2.45, 2.75) is 25.3 Å². The minimum Gasteiger partial charge on any atom is -0.495 e. The number of hydrogen-bond acceptors (Lipinski definition) is 2. The summed E-state index contributed by atoms with van der Waals surface area (Å²) < 4.78 is 5.18. The summed E-state index contributed by atoms with van der Waals surface area (Å²) in [5, 5.41) is 3.84.